The quantitative estimate of drug-likeness (QED) is 0.638. The zero-order valence-electron chi connectivity index (χ0n) is 12.3. The van der Waals surface area contributed by atoms with E-state index in [-0.39, 0.29) is 24.0 Å². The summed E-state index contributed by atoms with van der Waals surface area (Å²) in [5.41, 5.74) is 1.07. The lowest BCUT2D eigenvalue weighted by Crippen LogP contribution is -2.26. The van der Waals surface area contributed by atoms with Crippen LogP contribution in [0.25, 0.3) is 0 Å². The van der Waals surface area contributed by atoms with E-state index in [1.54, 1.807) is 20.8 Å². The van der Waals surface area contributed by atoms with Gasteiger partial charge >= 0.3 is 0 Å². The Morgan fingerprint density at radius 2 is 2.15 bits per heavy atom. The molecule has 0 spiro atoms. The van der Waals surface area contributed by atoms with Crippen LogP contribution < -0.4 is 10.9 Å². The number of aromatic nitrogens is 2. The Bertz CT molecular complexity index is 509. The number of aliphatic hydroxyl groups is 1. The van der Waals surface area contributed by atoms with Crippen molar-refractivity contribution in [2.45, 2.75) is 52.6 Å². The molecule has 0 aliphatic heterocycles. The molecule has 20 heavy (non-hydrogen) atoms. The number of aryl methyl sites for hydroxylation is 2. The molecule has 1 aromatic heterocycles. The Morgan fingerprint density at radius 1 is 1.45 bits per heavy atom. The molecular weight excluding hydrogens is 258 g/mol. The van der Waals surface area contributed by atoms with Crippen molar-refractivity contribution in [2.75, 3.05) is 6.54 Å². The topological polar surface area (TPSA) is 95.1 Å². The number of carbonyl (C=O) groups is 1. The Labute approximate surface area is 118 Å². The van der Waals surface area contributed by atoms with E-state index in [2.05, 4.69) is 15.3 Å². The van der Waals surface area contributed by atoms with Gasteiger partial charge in [0.2, 0.25) is 5.91 Å². The maximum atomic E-state index is 11.8. The number of nitrogens with zero attached hydrogens (tertiary/aromatic N) is 1. The average molecular weight is 281 g/mol. The molecule has 0 aliphatic carbocycles. The van der Waals surface area contributed by atoms with Crippen LogP contribution in [-0.2, 0) is 11.2 Å². The van der Waals surface area contributed by atoms with E-state index in [1.807, 2.05) is 0 Å². The van der Waals surface area contributed by atoms with E-state index in [9.17, 15) is 9.59 Å². The molecule has 0 aromatic carbocycles. The molecule has 1 heterocycles. The summed E-state index contributed by atoms with van der Waals surface area (Å²) >= 11 is 0. The van der Waals surface area contributed by atoms with Crippen molar-refractivity contribution in [3.8, 4) is 0 Å². The van der Waals surface area contributed by atoms with Gasteiger partial charge in [-0.15, -0.1) is 0 Å². The summed E-state index contributed by atoms with van der Waals surface area (Å²) in [4.78, 5) is 30.2. The molecule has 0 saturated carbocycles. The second-order valence-electron chi connectivity index (χ2n) is 5.06. The average Bonchev–Trinajstić information content (AvgIpc) is 2.33. The first-order valence-electron chi connectivity index (χ1n) is 6.91. The number of hydrogen-bond donors (Lipinski definition) is 3. The van der Waals surface area contributed by atoms with Gasteiger partial charge in [-0.1, -0.05) is 0 Å². The number of amides is 1. The molecule has 1 amide bonds. The first kappa shape index (κ1) is 16.4. The minimum Gasteiger partial charge on any atom is -0.393 e. The fourth-order valence-corrected chi connectivity index (χ4v) is 2.00. The molecular formula is C14H23N3O3. The van der Waals surface area contributed by atoms with Crippen LogP contribution in [0.2, 0.25) is 0 Å². The van der Waals surface area contributed by atoms with Gasteiger partial charge in [-0.3, -0.25) is 9.59 Å². The monoisotopic (exact) mass is 281 g/mol. The maximum Gasteiger partial charge on any atom is 0.254 e. The van der Waals surface area contributed by atoms with E-state index in [0.29, 0.717) is 36.5 Å². The summed E-state index contributed by atoms with van der Waals surface area (Å²) in [5, 5.41) is 11.9. The SMILES string of the molecule is Cc1nc(C)c(CCC(=O)NCCCC(C)O)c(=O)[nH]1. The van der Waals surface area contributed by atoms with E-state index < -0.39 is 0 Å². The number of aliphatic hydroxyl groups excluding tert-OH is 1. The normalized spacial score (nSPS) is 12.2. The number of hydrogen-bond acceptors (Lipinski definition) is 4. The van der Waals surface area contributed by atoms with Crippen molar-refractivity contribution in [2.24, 2.45) is 0 Å². The van der Waals surface area contributed by atoms with Crippen LogP contribution in [0.1, 0.15) is 43.3 Å². The standard InChI is InChI=1S/C14H23N3O3/c1-9(18)5-4-8-15-13(19)7-6-12-10(2)16-11(3)17-14(12)20/h9,18H,4-8H2,1-3H3,(H,15,19)(H,16,17,20). The minimum absolute atomic E-state index is 0.0880. The van der Waals surface area contributed by atoms with E-state index in [0.717, 1.165) is 6.42 Å². The van der Waals surface area contributed by atoms with Gasteiger partial charge < -0.3 is 15.4 Å². The molecule has 1 rings (SSSR count). The van der Waals surface area contributed by atoms with Crippen LogP contribution in [0.15, 0.2) is 4.79 Å². The summed E-state index contributed by atoms with van der Waals surface area (Å²) in [6, 6.07) is 0. The predicted molar refractivity (Wildman–Crippen MR) is 76.6 cm³/mol. The van der Waals surface area contributed by atoms with Crippen LogP contribution in [0.3, 0.4) is 0 Å². The Kier molecular flexibility index (Phi) is 6.38. The highest BCUT2D eigenvalue weighted by Gasteiger charge is 2.09. The molecule has 6 heteroatoms. The molecule has 1 atom stereocenters. The van der Waals surface area contributed by atoms with Crippen molar-refractivity contribution in [1.29, 1.82) is 0 Å². The van der Waals surface area contributed by atoms with Crippen LogP contribution >= 0.6 is 0 Å². The van der Waals surface area contributed by atoms with Crippen LogP contribution in [0.5, 0.6) is 0 Å². The Balaban J connectivity index is 2.40. The zero-order chi connectivity index (χ0) is 15.1. The van der Waals surface area contributed by atoms with Gasteiger partial charge in [-0.25, -0.2) is 4.98 Å². The molecule has 0 fully saturated rings. The zero-order valence-corrected chi connectivity index (χ0v) is 12.3. The van der Waals surface area contributed by atoms with Crippen molar-refractivity contribution in [3.63, 3.8) is 0 Å². The second-order valence-corrected chi connectivity index (χ2v) is 5.06. The van der Waals surface area contributed by atoms with Gasteiger partial charge in [0, 0.05) is 24.2 Å². The lowest BCUT2D eigenvalue weighted by molar-refractivity contribution is -0.121. The van der Waals surface area contributed by atoms with Crippen molar-refractivity contribution >= 4 is 5.91 Å². The summed E-state index contributed by atoms with van der Waals surface area (Å²) < 4.78 is 0. The molecule has 112 valence electrons. The van der Waals surface area contributed by atoms with Gasteiger partial charge in [0.25, 0.3) is 5.56 Å². The van der Waals surface area contributed by atoms with Gasteiger partial charge in [-0.05, 0) is 40.0 Å². The van der Waals surface area contributed by atoms with Crippen molar-refractivity contribution in [3.05, 3.63) is 27.4 Å². The Hall–Kier alpha value is -1.69. The summed E-state index contributed by atoms with van der Waals surface area (Å²) in [7, 11) is 0. The van der Waals surface area contributed by atoms with Gasteiger partial charge in [0.15, 0.2) is 0 Å². The molecule has 0 radical (unpaired) electrons. The fourth-order valence-electron chi connectivity index (χ4n) is 2.00. The lowest BCUT2D eigenvalue weighted by Gasteiger charge is -2.07. The molecule has 0 saturated heterocycles. The van der Waals surface area contributed by atoms with Crippen LogP contribution in [0.4, 0.5) is 0 Å². The highest BCUT2D eigenvalue weighted by molar-refractivity contribution is 5.76. The number of aromatic amines is 1. The van der Waals surface area contributed by atoms with Crippen LogP contribution in [0, 0.1) is 13.8 Å². The first-order valence-corrected chi connectivity index (χ1v) is 6.91. The molecule has 1 aromatic rings. The third kappa shape index (κ3) is 5.52. The summed E-state index contributed by atoms with van der Waals surface area (Å²) in [5.74, 6) is 0.494. The maximum absolute atomic E-state index is 11.8. The molecule has 1 unspecified atom stereocenters. The fraction of sp³-hybridized carbons (Fsp3) is 0.643. The highest BCUT2D eigenvalue weighted by Crippen LogP contribution is 2.02. The van der Waals surface area contributed by atoms with Gasteiger partial charge in [-0.2, -0.15) is 0 Å². The summed E-state index contributed by atoms with van der Waals surface area (Å²) in [6.07, 6.45) is 1.72. The second kappa shape index (κ2) is 7.79. The third-order valence-electron chi connectivity index (χ3n) is 3.06. The molecule has 6 nitrogen and oxygen atoms in total. The largest absolute Gasteiger partial charge is 0.393 e. The number of carbonyl (C=O) groups excluding carboxylic acids is 1. The minimum atomic E-state index is -0.341. The lowest BCUT2D eigenvalue weighted by atomic mass is 10.1. The van der Waals surface area contributed by atoms with E-state index in [1.165, 1.54) is 0 Å². The van der Waals surface area contributed by atoms with E-state index in [4.69, 9.17) is 5.11 Å². The van der Waals surface area contributed by atoms with Crippen molar-refractivity contribution in [1.82, 2.24) is 15.3 Å². The number of rotatable bonds is 7. The first-order chi connectivity index (χ1) is 9.40. The molecule has 3 N–H and O–H groups in total. The smallest absolute Gasteiger partial charge is 0.254 e. The molecule has 0 bridgehead atoms. The number of nitrogens with one attached hydrogen (secondary N) is 2. The Morgan fingerprint density at radius 3 is 2.75 bits per heavy atom. The van der Waals surface area contributed by atoms with Gasteiger partial charge in [0.1, 0.15) is 5.82 Å². The number of H-pyrrole nitrogens is 1. The highest BCUT2D eigenvalue weighted by atomic mass is 16.3. The summed E-state index contributed by atoms with van der Waals surface area (Å²) in [6.45, 7) is 5.78. The van der Waals surface area contributed by atoms with Gasteiger partial charge in [0.05, 0.1) is 6.10 Å². The van der Waals surface area contributed by atoms with Crippen LogP contribution in [-0.4, -0.2) is 33.6 Å². The van der Waals surface area contributed by atoms with Crippen molar-refractivity contribution < 1.29 is 9.90 Å². The predicted octanol–water partition coefficient (Wildman–Crippen LogP) is 0.597. The molecule has 0 aliphatic rings. The van der Waals surface area contributed by atoms with E-state index >= 15 is 0 Å². The third-order valence-corrected chi connectivity index (χ3v) is 3.06.